The van der Waals surface area contributed by atoms with E-state index in [9.17, 15) is 4.39 Å². The molecule has 3 N–H and O–H groups in total. The Hall–Kier alpha value is -1.45. The number of nitrogen functional groups attached to an aromatic ring is 1. The standard InChI is InChI=1S/C15H25FN2O/c1-3-5-6-7-8-18-14-11-15(19-9-4-2)12(16)10-13(14)17/h10-11,18H,3-9,17H2,1-2H3. The van der Waals surface area contributed by atoms with E-state index in [1.807, 2.05) is 6.92 Å². The molecule has 0 fully saturated rings. The van der Waals surface area contributed by atoms with E-state index in [0.29, 0.717) is 12.3 Å². The van der Waals surface area contributed by atoms with Crippen molar-refractivity contribution in [3.05, 3.63) is 17.9 Å². The maximum Gasteiger partial charge on any atom is 0.167 e. The fourth-order valence-corrected chi connectivity index (χ4v) is 1.82. The summed E-state index contributed by atoms with van der Waals surface area (Å²) in [6.45, 7) is 5.53. The van der Waals surface area contributed by atoms with Gasteiger partial charge in [-0.05, 0) is 12.8 Å². The van der Waals surface area contributed by atoms with Gasteiger partial charge in [-0.3, -0.25) is 0 Å². The van der Waals surface area contributed by atoms with Crippen LogP contribution < -0.4 is 15.8 Å². The molecule has 0 aliphatic rings. The molecule has 0 aromatic heterocycles. The molecule has 0 saturated heterocycles. The molecule has 0 saturated carbocycles. The Morgan fingerprint density at radius 3 is 2.63 bits per heavy atom. The number of hydrogen-bond donors (Lipinski definition) is 2. The summed E-state index contributed by atoms with van der Waals surface area (Å²) >= 11 is 0. The molecule has 0 spiro atoms. The molecule has 0 unspecified atom stereocenters. The predicted molar refractivity (Wildman–Crippen MR) is 79.2 cm³/mol. The number of anilines is 2. The topological polar surface area (TPSA) is 47.3 Å². The van der Waals surface area contributed by atoms with Crippen molar-refractivity contribution < 1.29 is 9.13 Å². The Morgan fingerprint density at radius 1 is 1.16 bits per heavy atom. The first-order valence-electron chi connectivity index (χ1n) is 7.14. The lowest BCUT2D eigenvalue weighted by Crippen LogP contribution is -2.06. The number of hydrogen-bond acceptors (Lipinski definition) is 3. The zero-order valence-electron chi connectivity index (χ0n) is 12.0. The van der Waals surface area contributed by atoms with Crippen LogP contribution in [0.15, 0.2) is 12.1 Å². The highest BCUT2D eigenvalue weighted by Crippen LogP contribution is 2.28. The molecule has 0 amide bonds. The molecule has 0 aliphatic carbocycles. The van der Waals surface area contributed by atoms with E-state index in [2.05, 4.69) is 12.2 Å². The number of benzene rings is 1. The van der Waals surface area contributed by atoms with Crippen molar-refractivity contribution in [3.8, 4) is 5.75 Å². The molecule has 1 rings (SSSR count). The van der Waals surface area contributed by atoms with E-state index in [1.54, 1.807) is 6.07 Å². The van der Waals surface area contributed by atoms with Crippen LogP contribution in [0.2, 0.25) is 0 Å². The summed E-state index contributed by atoms with van der Waals surface area (Å²) in [7, 11) is 0. The van der Waals surface area contributed by atoms with Crippen molar-refractivity contribution in [1.82, 2.24) is 0 Å². The maximum atomic E-state index is 13.6. The average molecular weight is 268 g/mol. The molecule has 0 radical (unpaired) electrons. The molecule has 0 atom stereocenters. The van der Waals surface area contributed by atoms with Crippen LogP contribution >= 0.6 is 0 Å². The summed E-state index contributed by atoms with van der Waals surface area (Å²) in [6.07, 6.45) is 5.60. The Balaban J connectivity index is 2.56. The van der Waals surface area contributed by atoms with Crippen molar-refractivity contribution in [3.63, 3.8) is 0 Å². The van der Waals surface area contributed by atoms with Gasteiger partial charge in [0.2, 0.25) is 0 Å². The molecule has 1 aromatic carbocycles. The van der Waals surface area contributed by atoms with Gasteiger partial charge in [0.1, 0.15) is 0 Å². The molecule has 1 aromatic rings. The van der Waals surface area contributed by atoms with E-state index in [0.717, 1.165) is 25.1 Å². The molecule has 19 heavy (non-hydrogen) atoms. The number of unbranched alkanes of at least 4 members (excludes halogenated alkanes) is 3. The van der Waals surface area contributed by atoms with Gasteiger partial charge in [-0.15, -0.1) is 0 Å². The summed E-state index contributed by atoms with van der Waals surface area (Å²) in [4.78, 5) is 0. The number of nitrogens with one attached hydrogen (secondary N) is 1. The first-order chi connectivity index (χ1) is 9.19. The second-order valence-corrected chi connectivity index (χ2v) is 4.71. The maximum absolute atomic E-state index is 13.6. The molecular formula is C15H25FN2O. The molecule has 0 heterocycles. The monoisotopic (exact) mass is 268 g/mol. The zero-order valence-corrected chi connectivity index (χ0v) is 12.0. The van der Waals surface area contributed by atoms with Crippen LogP contribution in [0.4, 0.5) is 15.8 Å². The van der Waals surface area contributed by atoms with Crippen LogP contribution in [-0.2, 0) is 0 Å². The number of nitrogens with two attached hydrogens (primary N) is 1. The highest BCUT2D eigenvalue weighted by molar-refractivity contribution is 5.68. The normalized spacial score (nSPS) is 10.5. The Morgan fingerprint density at radius 2 is 1.95 bits per heavy atom. The van der Waals surface area contributed by atoms with Crippen molar-refractivity contribution in [2.45, 2.75) is 46.0 Å². The molecule has 3 nitrogen and oxygen atoms in total. The SMILES string of the molecule is CCCCCCNc1cc(OCCC)c(F)cc1N. The van der Waals surface area contributed by atoms with Gasteiger partial charge < -0.3 is 15.8 Å². The third-order valence-electron chi connectivity index (χ3n) is 2.91. The second-order valence-electron chi connectivity index (χ2n) is 4.71. The number of rotatable bonds is 9. The molecule has 108 valence electrons. The predicted octanol–water partition coefficient (Wildman–Crippen LogP) is 4.19. The fourth-order valence-electron chi connectivity index (χ4n) is 1.82. The van der Waals surface area contributed by atoms with E-state index >= 15 is 0 Å². The van der Waals surface area contributed by atoms with Gasteiger partial charge in [0.15, 0.2) is 11.6 Å². The molecule has 4 heteroatoms. The molecule has 0 bridgehead atoms. The van der Waals surface area contributed by atoms with E-state index < -0.39 is 5.82 Å². The number of ether oxygens (including phenoxy) is 1. The Bertz CT molecular complexity index is 383. The van der Waals surface area contributed by atoms with Crippen LogP contribution in [0.5, 0.6) is 5.75 Å². The van der Waals surface area contributed by atoms with Crippen LogP contribution in [0.3, 0.4) is 0 Å². The summed E-state index contributed by atoms with van der Waals surface area (Å²) < 4.78 is 19.0. The van der Waals surface area contributed by atoms with Crippen LogP contribution in [0.25, 0.3) is 0 Å². The second kappa shape index (κ2) is 8.62. The summed E-state index contributed by atoms with van der Waals surface area (Å²) in [5, 5.41) is 3.24. The van der Waals surface area contributed by atoms with E-state index in [-0.39, 0.29) is 5.75 Å². The minimum Gasteiger partial charge on any atom is -0.490 e. The van der Waals surface area contributed by atoms with Gasteiger partial charge in [-0.25, -0.2) is 4.39 Å². The van der Waals surface area contributed by atoms with Crippen molar-refractivity contribution in [1.29, 1.82) is 0 Å². The van der Waals surface area contributed by atoms with Gasteiger partial charge in [0, 0.05) is 18.7 Å². The minimum atomic E-state index is -0.400. The minimum absolute atomic E-state index is 0.270. The van der Waals surface area contributed by atoms with Crippen LogP contribution in [0.1, 0.15) is 46.0 Å². The van der Waals surface area contributed by atoms with Crippen LogP contribution in [-0.4, -0.2) is 13.2 Å². The molecule has 0 aliphatic heterocycles. The van der Waals surface area contributed by atoms with Gasteiger partial charge in [0.25, 0.3) is 0 Å². The third-order valence-corrected chi connectivity index (χ3v) is 2.91. The van der Waals surface area contributed by atoms with E-state index in [1.165, 1.54) is 25.3 Å². The summed E-state index contributed by atoms with van der Waals surface area (Å²) in [5.41, 5.74) is 6.98. The summed E-state index contributed by atoms with van der Waals surface area (Å²) in [5.74, 6) is -0.130. The van der Waals surface area contributed by atoms with E-state index in [4.69, 9.17) is 10.5 Å². The largest absolute Gasteiger partial charge is 0.490 e. The van der Waals surface area contributed by atoms with Gasteiger partial charge in [-0.1, -0.05) is 33.1 Å². The van der Waals surface area contributed by atoms with Gasteiger partial charge in [0.05, 0.1) is 18.0 Å². The highest BCUT2D eigenvalue weighted by atomic mass is 19.1. The van der Waals surface area contributed by atoms with Gasteiger partial charge in [-0.2, -0.15) is 0 Å². The lowest BCUT2D eigenvalue weighted by atomic mass is 10.2. The average Bonchev–Trinajstić information content (AvgIpc) is 2.39. The van der Waals surface area contributed by atoms with Gasteiger partial charge >= 0.3 is 0 Å². The van der Waals surface area contributed by atoms with Crippen LogP contribution in [0, 0.1) is 5.82 Å². The lowest BCUT2D eigenvalue weighted by molar-refractivity contribution is 0.301. The Kier molecular flexibility index (Phi) is 7.08. The number of halogens is 1. The van der Waals surface area contributed by atoms with Crippen molar-refractivity contribution in [2.75, 3.05) is 24.2 Å². The lowest BCUT2D eigenvalue weighted by Gasteiger charge is -2.13. The smallest absolute Gasteiger partial charge is 0.167 e. The molecular weight excluding hydrogens is 243 g/mol. The first-order valence-corrected chi connectivity index (χ1v) is 7.14. The first kappa shape index (κ1) is 15.6. The Labute approximate surface area is 115 Å². The fraction of sp³-hybridized carbons (Fsp3) is 0.600. The van der Waals surface area contributed by atoms with Crippen molar-refractivity contribution >= 4 is 11.4 Å². The highest BCUT2D eigenvalue weighted by Gasteiger charge is 2.08. The third kappa shape index (κ3) is 5.37. The quantitative estimate of drug-likeness (QED) is 0.521. The summed E-state index contributed by atoms with van der Waals surface area (Å²) in [6, 6.07) is 2.97. The van der Waals surface area contributed by atoms with Crippen molar-refractivity contribution in [2.24, 2.45) is 0 Å². The zero-order chi connectivity index (χ0) is 14.1.